The van der Waals surface area contributed by atoms with Crippen LogP contribution in [0.2, 0.25) is 5.02 Å². The maximum Gasteiger partial charge on any atom is 0.272 e. The Bertz CT molecular complexity index is 1360. The zero-order valence-electron chi connectivity index (χ0n) is 17.3. The summed E-state index contributed by atoms with van der Waals surface area (Å²) in [5.74, 6) is -0.135. The van der Waals surface area contributed by atoms with Crippen LogP contribution in [0, 0.1) is 0 Å². The number of aromatic nitrogens is 2. The summed E-state index contributed by atoms with van der Waals surface area (Å²) in [5.41, 5.74) is 6.37. The molecule has 0 unspecified atom stereocenters. The average Bonchev–Trinajstić information content (AvgIpc) is 2.84. The number of halogens is 1. The van der Waals surface area contributed by atoms with Gasteiger partial charge in [0.15, 0.2) is 0 Å². The molecule has 2 amide bonds. The van der Waals surface area contributed by atoms with Crippen LogP contribution in [0.25, 0.3) is 10.8 Å². The van der Waals surface area contributed by atoms with E-state index in [1.54, 1.807) is 48.2 Å². The maximum atomic E-state index is 12.4. The lowest BCUT2D eigenvalue weighted by molar-refractivity contribution is -0.121. The fraction of sp³-hybridized carbons (Fsp3) is 0.0833. The van der Waals surface area contributed by atoms with Crippen LogP contribution >= 0.6 is 23.4 Å². The Balaban J connectivity index is 1.30. The monoisotopic (exact) mass is 478 g/mol. The number of carbonyl (C=O) groups excluding carboxylic acids is 2. The number of carbonyl (C=O) groups is 2. The molecule has 0 aliphatic rings. The lowest BCUT2D eigenvalue weighted by atomic mass is 10.1. The van der Waals surface area contributed by atoms with E-state index < -0.39 is 11.8 Å². The van der Waals surface area contributed by atoms with E-state index in [2.05, 4.69) is 21.0 Å². The number of hydrogen-bond acceptors (Lipinski definition) is 5. The molecule has 1 heterocycles. The molecule has 9 heteroatoms. The summed E-state index contributed by atoms with van der Waals surface area (Å²) in [6.07, 6.45) is -0.0988. The van der Waals surface area contributed by atoms with Gasteiger partial charge in [-0.25, -0.2) is 5.10 Å². The number of thioether (sulfide) groups is 1. The molecule has 0 aliphatic carbocycles. The molecule has 0 fully saturated rings. The third kappa shape index (κ3) is 5.79. The first-order valence-electron chi connectivity index (χ1n) is 10.0. The Morgan fingerprint density at radius 3 is 2.33 bits per heavy atom. The molecule has 0 saturated heterocycles. The van der Waals surface area contributed by atoms with Crippen molar-refractivity contribution in [3.8, 4) is 0 Å². The number of nitrogens with one attached hydrogen (secondary N) is 3. The molecular weight excluding hydrogens is 460 g/mol. The Morgan fingerprint density at radius 1 is 0.909 bits per heavy atom. The SMILES string of the molecule is O=C(Cc1n[nH]c(=O)c2ccccc12)NNC(=O)c1ccc(CSc2ccc(Cl)cc2)cc1. The molecule has 7 nitrogen and oxygen atoms in total. The van der Waals surface area contributed by atoms with Gasteiger partial charge in [0.25, 0.3) is 11.5 Å². The van der Waals surface area contributed by atoms with Crippen molar-refractivity contribution in [2.24, 2.45) is 0 Å². The van der Waals surface area contributed by atoms with Crippen LogP contribution in [0.5, 0.6) is 0 Å². The van der Waals surface area contributed by atoms with Crippen molar-refractivity contribution in [3.63, 3.8) is 0 Å². The lowest BCUT2D eigenvalue weighted by Crippen LogP contribution is -2.42. The van der Waals surface area contributed by atoms with E-state index in [1.807, 2.05) is 36.4 Å². The third-order valence-electron chi connectivity index (χ3n) is 4.85. The van der Waals surface area contributed by atoms with Crippen LogP contribution in [-0.4, -0.2) is 22.0 Å². The average molecular weight is 479 g/mol. The fourth-order valence-electron chi connectivity index (χ4n) is 3.15. The Kier molecular flexibility index (Phi) is 7.07. The van der Waals surface area contributed by atoms with Gasteiger partial charge in [0, 0.05) is 26.6 Å². The van der Waals surface area contributed by atoms with Crippen LogP contribution in [0.15, 0.2) is 82.5 Å². The normalized spacial score (nSPS) is 10.7. The highest BCUT2D eigenvalue weighted by molar-refractivity contribution is 7.98. The molecule has 4 aromatic rings. The highest BCUT2D eigenvalue weighted by Gasteiger charge is 2.12. The number of nitrogens with zero attached hydrogens (tertiary/aromatic N) is 1. The molecule has 0 radical (unpaired) electrons. The predicted octanol–water partition coefficient (Wildman–Crippen LogP) is 3.87. The van der Waals surface area contributed by atoms with E-state index in [9.17, 15) is 14.4 Å². The van der Waals surface area contributed by atoms with E-state index in [1.165, 1.54) is 0 Å². The van der Waals surface area contributed by atoms with E-state index in [-0.39, 0.29) is 12.0 Å². The summed E-state index contributed by atoms with van der Waals surface area (Å²) >= 11 is 7.57. The van der Waals surface area contributed by atoms with Crippen LogP contribution in [0.3, 0.4) is 0 Å². The summed E-state index contributed by atoms with van der Waals surface area (Å²) in [6, 6.07) is 21.7. The molecular formula is C24H19ClN4O3S. The molecule has 1 aromatic heterocycles. The number of hydrogen-bond donors (Lipinski definition) is 3. The summed E-state index contributed by atoms with van der Waals surface area (Å²) < 4.78 is 0. The second kappa shape index (κ2) is 10.3. The molecule has 33 heavy (non-hydrogen) atoms. The van der Waals surface area contributed by atoms with Gasteiger partial charge in [-0.2, -0.15) is 5.10 Å². The van der Waals surface area contributed by atoms with E-state index >= 15 is 0 Å². The van der Waals surface area contributed by atoms with Gasteiger partial charge >= 0.3 is 0 Å². The van der Waals surface area contributed by atoms with Gasteiger partial charge in [0.1, 0.15) is 0 Å². The molecule has 0 atom stereocenters. The molecule has 4 rings (SSSR count). The maximum absolute atomic E-state index is 12.4. The second-order valence-corrected chi connectivity index (χ2v) is 8.65. The van der Waals surface area contributed by atoms with Crippen LogP contribution in [-0.2, 0) is 17.0 Å². The zero-order chi connectivity index (χ0) is 23.2. The van der Waals surface area contributed by atoms with E-state index in [0.29, 0.717) is 27.1 Å². The van der Waals surface area contributed by atoms with Crippen molar-refractivity contribution in [2.75, 3.05) is 0 Å². The highest BCUT2D eigenvalue weighted by atomic mass is 35.5. The highest BCUT2D eigenvalue weighted by Crippen LogP contribution is 2.24. The van der Waals surface area contributed by atoms with Gasteiger partial charge < -0.3 is 0 Å². The van der Waals surface area contributed by atoms with Crippen molar-refractivity contribution >= 4 is 45.9 Å². The first-order valence-corrected chi connectivity index (χ1v) is 11.4. The Morgan fingerprint density at radius 2 is 1.61 bits per heavy atom. The predicted molar refractivity (Wildman–Crippen MR) is 129 cm³/mol. The molecule has 166 valence electrons. The minimum atomic E-state index is -0.455. The quantitative estimate of drug-likeness (QED) is 0.288. The summed E-state index contributed by atoms with van der Waals surface area (Å²) in [5, 5.41) is 8.10. The van der Waals surface area contributed by atoms with Gasteiger partial charge in [-0.05, 0) is 48.0 Å². The third-order valence-corrected chi connectivity index (χ3v) is 6.19. The Hall–Kier alpha value is -3.62. The van der Waals surface area contributed by atoms with Gasteiger partial charge in [-0.3, -0.25) is 25.2 Å². The number of fused-ring (bicyclic) bond motifs is 1. The van der Waals surface area contributed by atoms with Crippen molar-refractivity contribution < 1.29 is 9.59 Å². The van der Waals surface area contributed by atoms with Crippen LogP contribution in [0.1, 0.15) is 21.6 Å². The Labute approximate surface area is 198 Å². The second-order valence-electron chi connectivity index (χ2n) is 7.16. The topological polar surface area (TPSA) is 104 Å². The molecule has 0 bridgehead atoms. The van der Waals surface area contributed by atoms with Crippen molar-refractivity contribution in [1.82, 2.24) is 21.0 Å². The minimum Gasteiger partial charge on any atom is -0.273 e. The number of benzene rings is 3. The van der Waals surface area contributed by atoms with E-state index in [0.717, 1.165) is 16.2 Å². The molecule has 0 spiro atoms. The molecule has 3 aromatic carbocycles. The zero-order valence-corrected chi connectivity index (χ0v) is 18.9. The van der Waals surface area contributed by atoms with Gasteiger partial charge in [0.05, 0.1) is 17.5 Å². The van der Waals surface area contributed by atoms with Crippen LogP contribution < -0.4 is 16.4 Å². The van der Waals surface area contributed by atoms with Crippen molar-refractivity contribution in [3.05, 3.63) is 105 Å². The minimum absolute atomic E-state index is 0.0988. The number of rotatable bonds is 6. The molecule has 0 saturated carbocycles. The number of H-pyrrole nitrogens is 1. The van der Waals surface area contributed by atoms with Gasteiger partial charge in [-0.15, -0.1) is 11.8 Å². The number of hydrazine groups is 1. The first-order chi connectivity index (χ1) is 16.0. The summed E-state index contributed by atoms with van der Waals surface area (Å²) in [7, 11) is 0. The largest absolute Gasteiger partial charge is 0.273 e. The number of amides is 2. The smallest absolute Gasteiger partial charge is 0.272 e. The standard InChI is InChI=1S/C24H19ClN4O3S/c25-17-9-11-18(12-10-17)33-14-15-5-7-16(8-6-15)23(31)28-27-22(30)13-21-19-3-1-2-4-20(19)24(32)29-26-21/h1-12H,13-14H2,(H,27,30)(H,28,31)(H,29,32). The van der Waals surface area contributed by atoms with Gasteiger partial charge in [-0.1, -0.05) is 41.9 Å². The van der Waals surface area contributed by atoms with E-state index in [4.69, 9.17) is 11.6 Å². The lowest BCUT2D eigenvalue weighted by Gasteiger charge is -2.09. The first kappa shape index (κ1) is 22.6. The van der Waals surface area contributed by atoms with Crippen LogP contribution in [0.4, 0.5) is 0 Å². The molecule has 0 aliphatic heterocycles. The summed E-state index contributed by atoms with van der Waals surface area (Å²) in [6.45, 7) is 0. The van der Waals surface area contributed by atoms with Gasteiger partial charge in [0.2, 0.25) is 5.91 Å². The summed E-state index contributed by atoms with van der Waals surface area (Å²) in [4.78, 5) is 37.6. The number of aromatic amines is 1. The fourth-order valence-corrected chi connectivity index (χ4v) is 4.13. The van der Waals surface area contributed by atoms with Crippen molar-refractivity contribution in [1.29, 1.82) is 0 Å². The van der Waals surface area contributed by atoms with Crippen molar-refractivity contribution in [2.45, 2.75) is 17.1 Å². The molecule has 3 N–H and O–H groups in total.